The first-order valence-electron chi connectivity index (χ1n) is 21.5. The highest BCUT2D eigenvalue weighted by molar-refractivity contribution is 6.06. The first-order chi connectivity index (χ1) is 29.7. The van der Waals surface area contributed by atoms with Crippen LogP contribution < -0.4 is 20.9 Å². The van der Waals surface area contributed by atoms with Crippen molar-refractivity contribution in [1.29, 1.82) is 0 Å². The summed E-state index contributed by atoms with van der Waals surface area (Å²) in [4.78, 5) is 91.5. The Balaban J connectivity index is 0.739. The van der Waals surface area contributed by atoms with Gasteiger partial charge in [0.1, 0.15) is 11.9 Å². The zero-order valence-electron chi connectivity index (χ0n) is 34.6. The Labute approximate surface area is 356 Å². The molecule has 6 heterocycles. The lowest BCUT2D eigenvalue weighted by molar-refractivity contribution is -0.137. The third kappa shape index (κ3) is 11.4. The molecule has 1 unspecified atom stereocenters. The number of imide groups is 1. The van der Waals surface area contributed by atoms with Gasteiger partial charge >= 0.3 is 0 Å². The van der Waals surface area contributed by atoms with E-state index in [1.807, 2.05) is 40.1 Å². The number of fused-ring (bicyclic) bond motifs is 1. The number of carbonyl (C=O) groups is 6. The van der Waals surface area contributed by atoms with Crippen LogP contribution in [0, 0.1) is 5.92 Å². The highest BCUT2D eigenvalue weighted by atomic mass is 16.5. The number of nitrogens with one attached hydrogen (secondary N) is 3. The van der Waals surface area contributed by atoms with Gasteiger partial charge in [0.05, 0.1) is 25.2 Å². The van der Waals surface area contributed by atoms with Crippen LogP contribution in [0.3, 0.4) is 0 Å². The summed E-state index contributed by atoms with van der Waals surface area (Å²) in [6.45, 7) is 5.96. The van der Waals surface area contributed by atoms with Crippen molar-refractivity contribution >= 4 is 53.0 Å². The van der Waals surface area contributed by atoms with E-state index in [2.05, 4.69) is 30.8 Å². The smallest absolute Gasteiger partial charge is 0.255 e. The number of piperazine rings is 1. The fraction of sp³-hybridized carbons (Fsp3) is 0.467. The van der Waals surface area contributed by atoms with E-state index in [0.717, 1.165) is 67.8 Å². The molecule has 4 aliphatic heterocycles. The number of piperidine rings is 2. The van der Waals surface area contributed by atoms with Crippen molar-refractivity contribution in [2.75, 3.05) is 75.8 Å². The van der Waals surface area contributed by atoms with Gasteiger partial charge in [0.2, 0.25) is 23.6 Å². The zero-order chi connectivity index (χ0) is 42.6. The molecule has 3 N–H and O–H groups in total. The molecule has 0 spiro atoms. The number of amides is 6. The number of anilines is 2. The van der Waals surface area contributed by atoms with Crippen molar-refractivity contribution in [1.82, 2.24) is 35.3 Å². The molecule has 0 radical (unpaired) electrons. The number of ether oxygens (including phenoxy) is 1. The summed E-state index contributed by atoms with van der Waals surface area (Å²) in [5, 5.41) is 8.60. The number of likely N-dealkylation sites (tertiary alicyclic amines) is 1. The summed E-state index contributed by atoms with van der Waals surface area (Å²) >= 11 is 0. The number of unbranched alkanes of at least 4 members (excludes halogenated alkanes) is 1. The Morgan fingerprint density at radius 1 is 0.869 bits per heavy atom. The monoisotopic (exact) mass is 833 g/mol. The van der Waals surface area contributed by atoms with Gasteiger partial charge in [-0.3, -0.25) is 39.1 Å². The summed E-state index contributed by atoms with van der Waals surface area (Å²) < 4.78 is 5.78. The lowest BCUT2D eigenvalue weighted by atomic mass is 9.91. The summed E-state index contributed by atoms with van der Waals surface area (Å²) in [7, 11) is 0. The van der Waals surface area contributed by atoms with E-state index in [0.29, 0.717) is 69.3 Å². The number of pyridine rings is 2. The Bertz CT molecular complexity index is 2060. The van der Waals surface area contributed by atoms with E-state index in [9.17, 15) is 28.8 Å². The van der Waals surface area contributed by atoms with Gasteiger partial charge in [0, 0.05) is 107 Å². The molecule has 6 amide bonds. The van der Waals surface area contributed by atoms with Crippen LogP contribution in [-0.4, -0.2) is 132 Å². The number of rotatable bonds is 17. The average molecular weight is 834 g/mol. The molecule has 16 heteroatoms. The first kappa shape index (κ1) is 42.9. The molecule has 7 rings (SSSR count). The molecule has 16 nitrogen and oxygen atoms in total. The quantitative estimate of drug-likeness (QED) is 0.103. The highest BCUT2D eigenvalue weighted by Gasteiger charge is 2.40. The fourth-order valence-corrected chi connectivity index (χ4v) is 8.40. The Morgan fingerprint density at radius 3 is 2.46 bits per heavy atom. The van der Waals surface area contributed by atoms with E-state index in [1.165, 1.54) is 11.0 Å². The van der Waals surface area contributed by atoms with Crippen LogP contribution in [-0.2, 0) is 30.5 Å². The minimum Gasteiger partial charge on any atom is -0.382 e. The topological polar surface area (TPSA) is 186 Å². The summed E-state index contributed by atoms with van der Waals surface area (Å²) in [6, 6.07) is 12.2. The molecular formula is C45H55N9O7. The van der Waals surface area contributed by atoms with Crippen LogP contribution in [0.25, 0.3) is 6.08 Å². The highest BCUT2D eigenvalue weighted by Crippen LogP contribution is 2.32. The van der Waals surface area contributed by atoms with Gasteiger partial charge in [-0.25, -0.2) is 4.98 Å². The summed E-state index contributed by atoms with van der Waals surface area (Å²) in [6.07, 6.45) is 14.1. The van der Waals surface area contributed by atoms with Gasteiger partial charge in [-0.1, -0.05) is 25.0 Å². The number of carbonyl (C=O) groups excluding carboxylic acids is 6. The first-order valence-corrected chi connectivity index (χ1v) is 21.5. The molecule has 4 aliphatic rings. The van der Waals surface area contributed by atoms with E-state index >= 15 is 0 Å². The molecule has 0 saturated carbocycles. The molecule has 61 heavy (non-hydrogen) atoms. The van der Waals surface area contributed by atoms with Crippen molar-refractivity contribution in [3.63, 3.8) is 0 Å². The maximum atomic E-state index is 13.3. The third-order valence-corrected chi connectivity index (χ3v) is 11.9. The number of aromatic nitrogens is 2. The van der Waals surface area contributed by atoms with Crippen molar-refractivity contribution in [2.45, 2.75) is 64.0 Å². The zero-order valence-corrected chi connectivity index (χ0v) is 34.6. The minimum absolute atomic E-state index is 0.00593. The molecule has 3 aromatic rings. The van der Waals surface area contributed by atoms with Crippen LogP contribution in [0.5, 0.6) is 0 Å². The van der Waals surface area contributed by atoms with Crippen molar-refractivity contribution in [3.05, 3.63) is 89.4 Å². The van der Waals surface area contributed by atoms with E-state index < -0.39 is 11.9 Å². The molecule has 3 saturated heterocycles. The predicted molar refractivity (Wildman–Crippen MR) is 228 cm³/mol. The molecule has 0 bridgehead atoms. The molecule has 0 aliphatic carbocycles. The van der Waals surface area contributed by atoms with Gasteiger partial charge in [-0.15, -0.1) is 0 Å². The van der Waals surface area contributed by atoms with E-state index in [-0.39, 0.29) is 55.5 Å². The second kappa shape index (κ2) is 20.9. The number of hydrogen-bond donors (Lipinski definition) is 3. The Hall–Kier alpha value is -6.16. The van der Waals surface area contributed by atoms with E-state index in [4.69, 9.17) is 4.74 Å². The van der Waals surface area contributed by atoms with Gasteiger partial charge in [0.15, 0.2) is 0 Å². The predicted octanol–water partition coefficient (Wildman–Crippen LogP) is 3.26. The third-order valence-electron chi connectivity index (χ3n) is 11.9. The molecule has 322 valence electrons. The van der Waals surface area contributed by atoms with Crippen molar-refractivity contribution < 1.29 is 33.5 Å². The van der Waals surface area contributed by atoms with Crippen molar-refractivity contribution in [2.24, 2.45) is 5.92 Å². The molecule has 1 aromatic carbocycles. The molecule has 1 atom stereocenters. The van der Waals surface area contributed by atoms with Crippen LogP contribution in [0.1, 0.15) is 83.2 Å². The molecular weight excluding hydrogens is 779 g/mol. The van der Waals surface area contributed by atoms with E-state index in [1.54, 1.807) is 36.8 Å². The lowest BCUT2D eigenvalue weighted by Crippen LogP contribution is -2.52. The van der Waals surface area contributed by atoms with Gasteiger partial charge < -0.3 is 35.0 Å². The SMILES string of the molecule is O=C(/C=C/c1cccnc1)NCCCCC1CCN(C(=O)c2ccc(N3CCN(C(=O)CCOCCNc4cccc5c4CN(C4CCC(=O)NC4=O)C5=O)CC3)nc2)CC1. The maximum Gasteiger partial charge on any atom is 0.255 e. The van der Waals surface area contributed by atoms with Gasteiger partial charge in [-0.2, -0.15) is 0 Å². The minimum atomic E-state index is -0.667. The fourth-order valence-electron chi connectivity index (χ4n) is 8.40. The Morgan fingerprint density at radius 2 is 1.70 bits per heavy atom. The number of hydrogen-bond acceptors (Lipinski definition) is 11. The molecule has 3 fully saturated rings. The summed E-state index contributed by atoms with van der Waals surface area (Å²) in [5.41, 5.74) is 3.62. The average Bonchev–Trinajstić information content (AvgIpc) is 3.63. The normalized spacial score (nSPS) is 18.4. The van der Waals surface area contributed by atoms with Gasteiger partial charge in [-0.05, 0) is 73.6 Å². The summed E-state index contributed by atoms with van der Waals surface area (Å²) in [5.74, 6) is 0.328. The largest absolute Gasteiger partial charge is 0.382 e. The number of benzene rings is 1. The van der Waals surface area contributed by atoms with Crippen LogP contribution >= 0.6 is 0 Å². The van der Waals surface area contributed by atoms with Gasteiger partial charge in [0.25, 0.3) is 11.8 Å². The second-order valence-corrected chi connectivity index (χ2v) is 15.9. The van der Waals surface area contributed by atoms with Crippen LogP contribution in [0.15, 0.2) is 67.1 Å². The van der Waals surface area contributed by atoms with Crippen molar-refractivity contribution in [3.8, 4) is 0 Å². The van der Waals surface area contributed by atoms with Crippen LogP contribution in [0.2, 0.25) is 0 Å². The van der Waals surface area contributed by atoms with Crippen LogP contribution in [0.4, 0.5) is 11.5 Å². The molecule has 2 aromatic heterocycles. The second-order valence-electron chi connectivity index (χ2n) is 15.9. The standard InChI is InChI=1S/C45H55N9O7/c55-40(13-9-33-6-4-18-46-29-33)48-19-2-1-5-32-15-21-53(22-16-32)44(59)34-10-12-39(49-30-34)51-23-25-52(26-24-51)42(57)17-27-61-28-20-47-37-8-3-7-35-36(37)31-54(45(35)60)38-11-14-41(56)50-43(38)58/h3-4,6-10,12-13,18,29-30,32,38,47H,1-2,5,11,14-17,19-28,31H2,(H,48,55)(H,50,56,58)/b13-9+. The number of nitrogens with zero attached hydrogens (tertiary/aromatic N) is 6. The lowest BCUT2D eigenvalue weighted by Gasteiger charge is -2.35. The maximum absolute atomic E-state index is 13.3. The Kier molecular flexibility index (Phi) is 14.7.